The number of rotatable bonds is 4. The van der Waals surface area contributed by atoms with Crippen LogP contribution in [-0.2, 0) is 29.8 Å². The van der Waals surface area contributed by atoms with Crippen molar-refractivity contribution in [3.63, 3.8) is 0 Å². The lowest BCUT2D eigenvalue weighted by Crippen LogP contribution is -2.37. The third kappa shape index (κ3) is 3.14. The van der Waals surface area contributed by atoms with Crippen LogP contribution in [0.3, 0.4) is 0 Å². The molecule has 0 fully saturated rings. The van der Waals surface area contributed by atoms with Crippen molar-refractivity contribution in [1.29, 1.82) is 0 Å². The molecule has 5 rings (SSSR count). The molecule has 4 heterocycles. The van der Waals surface area contributed by atoms with Gasteiger partial charge in [-0.1, -0.05) is 0 Å². The number of thiophene rings is 1. The Labute approximate surface area is 170 Å². The van der Waals surface area contributed by atoms with E-state index < -0.39 is 0 Å². The maximum Gasteiger partial charge on any atom is 0.259 e. The van der Waals surface area contributed by atoms with Gasteiger partial charge in [-0.15, -0.1) is 23.1 Å². The van der Waals surface area contributed by atoms with Gasteiger partial charge in [0.1, 0.15) is 10.7 Å². The lowest BCUT2D eigenvalue weighted by molar-refractivity contribution is -0.116. The smallest absolute Gasteiger partial charge is 0.259 e. The van der Waals surface area contributed by atoms with Gasteiger partial charge in [0.15, 0.2) is 0 Å². The second kappa shape index (κ2) is 7.33. The maximum absolute atomic E-state index is 12.7. The minimum Gasteiger partial charge on any atom is -0.310 e. The zero-order valence-corrected chi connectivity index (χ0v) is 17.0. The van der Waals surface area contributed by atoms with E-state index in [1.165, 1.54) is 22.2 Å². The third-order valence-electron chi connectivity index (χ3n) is 5.34. The predicted octanol–water partition coefficient (Wildman–Crippen LogP) is 3.08. The fraction of sp³-hybridized carbons (Fsp3) is 0.400. The van der Waals surface area contributed by atoms with Crippen LogP contribution in [0.2, 0.25) is 0 Å². The van der Waals surface area contributed by atoms with Gasteiger partial charge in [0.25, 0.3) is 5.56 Å². The fourth-order valence-electron chi connectivity index (χ4n) is 4.08. The first-order valence-electron chi connectivity index (χ1n) is 9.56. The summed E-state index contributed by atoms with van der Waals surface area (Å²) in [6.45, 7) is 0.736. The number of pyridine rings is 1. The number of nitrogens with zero attached hydrogens (tertiary/aromatic N) is 3. The molecule has 3 aromatic rings. The maximum atomic E-state index is 12.7. The van der Waals surface area contributed by atoms with E-state index in [2.05, 4.69) is 15.0 Å². The minimum atomic E-state index is -0.0395. The summed E-state index contributed by atoms with van der Waals surface area (Å²) in [6, 6.07) is 3.84. The Bertz CT molecular complexity index is 1120. The molecule has 2 aliphatic rings. The van der Waals surface area contributed by atoms with Gasteiger partial charge in [-0.05, 0) is 49.8 Å². The van der Waals surface area contributed by atoms with Crippen LogP contribution in [0, 0.1) is 0 Å². The van der Waals surface area contributed by atoms with E-state index in [0.717, 1.165) is 60.2 Å². The molecule has 144 valence electrons. The Kier molecular flexibility index (Phi) is 4.68. The van der Waals surface area contributed by atoms with Crippen LogP contribution in [0.15, 0.2) is 23.1 Å². The number of nitrogens with one attached hydrogen (secondary N) is 1. The number of anilines is 1. The zero-order chi connectivity index (χ0) is 19.1. The van der Waals surface area contributed by atoms with Gasteiger partial charge in [0, 0.05) is 17.6 Å². The quantitative estimate of drug-likeness (QED) is 0.712. The number of thioether (sulfide) groups is 1. The van der Waals surface area contributed by atoms with Gasteiger partial charge in [-0.2, -0.15) is 0 Å². The lowest BCUT2D eigenvalue weighted by Gasteiger charge is -2.28. The summed E-state index contributed by atoms with van der Waals surface area (Å²) >= 11 is 3.14. The molecule has 1 aliphatic heterocycles. The van der Waals surface area contributed by atoms with Crippen molar-refractivity contribution >= 4 is 44.9 Å². The summed E-state index contributed by atoms with van der Waals surface area (Å²) in [6.07, 6.45) is 6.80. The van der Waals surface area contributed by atoms with Crippen molar-refractivity contribution in [2.45, 2.75) is 37.9 Å². The fourth-order valence-corrected chi connectivity index (χ4v) is 6.12. The second-order valence-electron chi connectivity index (χ2n) is 7.16. The predicted molar refractivity (Wildman–Crippen MR) is 113 cm³/mol. The Balaban J connectivity index is 1.27. The van der Waals surface area contributed by atoms with Crippen LogP contribution < -0.4 is 10.5 Å². The highest BCUT2D eigenvalue weighted by molar-refractivity contribution is 7.99. The van der Waals surface area contributed by atoms with E-state index in [9.17, 15) is 9.59 Å². The van der Waals surface area contributed by atoms with E-state index in [1.54, 1.807) is 17.5 Å². The van der Waals surface area contributed by atoms with Gasteiger partial charge < -0.3 is 9.88 Å². The van der Waals surface area contributed by atoms with Crippen molar-refractivity contribution in [3.05, 3.63) is 50.6 Å². The summed E-state index contributed by atoms with van der Waals surface area (Å²) in [5, 5.41) is 0.778. The zero-order valence-electron chi connectivity index (χ0n) is 15.4. The number of aryl methyl sites for hydroxylation is 3. The largest absolute Gasteiger partial charge is 0.310 e. The molecule has 0 spiro atoms. The molecule has 8 heteroatoms. The van der Waals surface area contributed by atoms with Crippen molar-refractivity contribution in [3.8, 4) is 0 Å². The Morgan fingerprint density at radius 1 is 1.29 bits per heavy atom. The van der Waals surface area contributed by atoms with Crippen molar-refractivity contribution in [2.24, 2.45) is 0 Å². The number of carbonyl (C=O) groups is 1. The number of H-pyrrole nitrogens is 1. The standard InChI is InChI=1S/C20H20N4O2S2/c25-17(24-9-3-5-13-14(24)6-2-8-21-13)11-27-10-16-22-19(26)18-12-4-1-7-15(12)28-20(18)23-16/h2,6,8H,1,3-5,7,9-11H2,(H,22,23,26). The molecule has 0 saturated carbocycles. The van der Waals surface area contributed by atoms with Crippen LogP contribution in [0.4, 0.5) is 5.69 Å². The minimum absolute atomic E-state index is 0.0395. The monoisotopic (exact) mass is 412 g/mol. The van der Waals surface area contributed by atoms with E-state index in [0.29, 0.717) is 17.3 Å². The number of hydrogen-bond acceptors (Lipinski definition) is 6. The van der Waals surface area contributed by atoms with Gasteiger partial charge in [0.2, 0.25) is 5.91 Å². The summed E-state index contributed by atoms with van der Waals surface area (Å²) in [5.41, 5.74) is 3.08. The molecule has 0 aromatic carbocycles. The van der Waals surface area contributed by atoms with Gasteiger partial charge in [-0.25, -0.2) is 4.98 Å². The molecule has 1 N–H and O–H groups in total. The molecule has 0 radical (unpaired) electrons. The Morgan fingerprint density at radius 3 is 3.14 bits per heavy atom. The highest BCUT2D eigenvalue weighted by Crippen LogP contribution is 2.34. The molecule has 0 saturated heterocycles. The molecule has 6 nitrogen and oxygen atoms in total. The van der Waals surface area contributed by atoms with E-state index >= 15 is 0 Å². The summed E-state index contributed by atoms with van der Waals surface area (Å²) in [7, 11) is 0. The first kappa shape index (κ1) is 17.9. The number of amides is 1. The average Bonchev–Trinajstić information content (AvgIpc) is 3.28. The highest BCUT2D eigenvalue weighted by Gasteiger charge is 2.23. The number of hydrogen-bond donors (Lipinski definition) is 1. The van der Waals surface area contributed by atoms with E-state index in [4.69, 9.17) is 0 Å². The van der Waals surface area contributed by atoms with Crippen LogP contribution in [0.25, 0.3) is 10.2 Å². The SMILES string of the molecule is O=C(CSCc1nc2sc3c(c2c(=O)[nH]1)CCC3)N1CCCc2ncccc21. The molecule has 28 heavy (non-hydrogen) atoms. The molecule has 0 atom stereocenters. The molecular formula is C20H20N4O2S2. The average molecular weight is 413 g/mol. The highest BCUT2D eigenvalue weighted by atomic mass is 32.2. The van der Waals surface area contributed by atoms with Crippen molar-refractivity contribution in [1.82, 2.24) is 15.0 Å². The normalized spacial score (nSPS) is 15.6. The summed E-state index contributed by atoms with van der Waals surface area (Å²) in [4.78, 5) is 41.2. The molecular weight excluding hydrogens is 392 g/mol. The number of aromatic nitrogens is 3. The number of carbonyl (C=O) groups excluding carboxylic acids is 1. The first-order chi connectivity index (χ1) is 13.7. The molecule has 1 aliphatic carbocycles. The molecule has 1 amide bonds. The topological polar surface area (TPSA) is 79.0 Å². The molecule has 0 bridgehead atoms. The van der Waals surface area contributed by atoms with E-state index in [1.807, 2.05) is 17.0 Å². The lowest BCUT2D eigenvalue weighted by atomic mass is 10.1. The molecule has 0 unspecified atom stereocenters. The van der Waals surface area contributed by atoms with Crippen molar-refractivity contribution < 1.29 is 4.79 Å². The van der Waals surface area contributed by atoms with Gasteiger partial charge >= 0.3 is 0 Å². The van der Waals surface area contributed by atoms with Crippen LogP contribution in [0.1, 0.15) is 34.8 Å². The molecule has 3 aromatic heterocycles. The Morgan fingerprint density at radius 2 is 2.21 bits per heavy atom. The van der Waals surface area contributed by atoms with E-state index in [-0.39, 0.29) is 11.5 Å². The first-order valence-corrected chi connectivity index (χ1v) is 11.5. The van der Waals surface area contributed by atoms with Gasteiger partial charge in [0.05, 0.1) is 28.3 Å². The summed E-state index contributed by atoms with van der Waals surface area (Å²) < 4.78 is 0. The number of aromatic amines is 1. The van der Waals surface area contributed by atoms with Crippen molar-refractivity contribution in [2.75, 3.05) is 17.2 Å². The summed E-state index contributed by atoms with van der Waals surface area (Å²) in [5.74, 6) is 1.61. The Hall–Kier alpha value is -2.19. The van der Waals surface area contributed by atoms with Crippen LogP contribution in [0.5, 0.6) is 0 Å². The van der Waals surface area contributed by atoms with Crippen LogP contribution in [-0.4, -0.2) is 33.2 Å². The number of fused-ring (bicyclic) bond motifs is 4. The van der Waals surface area contributed by atoms with Gasteiger partial charge in [-0.3, -0.25) is 14.6 Å². The second-order valence-corrected chi connectivity index (χ2v) is 9.23. The third-order valence-corrected chi connectivity index (χ3v) is 7.46. The van der Waals surface area contributed by atoms with Crippen LogP contribution >= 0.6 is 23.1 Å².